The lowest BCUT2D eigenvalue weighted by Gasteiger charge is -2.06. The largest absolute Gasteiger partial charge is 0.268 e. The van der Waals surface area contributed by atoms with Crippen molar-refractivity contribution in [2.24, 2.45) is 5.92 Å². The number of halogens is 1. The highest BCUT2D eigenvalue weighted by atomic mass is 35.5. The molecule has 73 valence electrons. The number of nitrogens with zero attached hydrogens (tertiary/aromatic N) is 2. The molecular weight excluding hydrogens is 184 g/mol. The fraction of sp³-hybridized carbons (Fsp3) is 0.700. The van der Waals surface area contributed by atoms with Gasteiger partial charge in [0.15, 0.2) is 0 Å². The Morgan fingerprint density at radius 1 is 1.54 bits per heavy atom. The average Bonchev–Trinajstić information content (AvgIpc) is 2.35. The molecule has 3 heteroatoms. The van der Waals surface area contributed by atoms with Crippen molar-refractivity contribution < 1.29 is 0 Å². The minimum atomic E-state index is 0.643. The lowest BCUT2D eigenvalue weighted by molar-refractivity contribution is 0.484. The van der Waals surface area contributed by atoms with Gasteiger partial charge in [0, 0.05) is 6.54 Å². The van der Waals surface area contributed by atoms with E-state index in [1.165, 1.54) is 6.42 Å². The minimum Gasteiger partial charge on any atom is -0.268 e. The van der Waals surface area contributed by atoms with Crippen LogP contribution in [0, 0.1) is 19.0 Å². The normalized spacial score (nSPS) is 11.2. The molecule has 0 aliphatic heterocycles. The highest BCUT2D eigenvalue weighted by Crippen LogP contribution is 2.13. The Hall–Kier alpha value is -0.500. The van der Waals surface area contributed by atoms with E-state index in [0.717, 1.165) is 24.6 Å². The van der Waals surface area contributed by atoms with Crippen LogP contribution in [0.4, 0.5) is 0 Å². The zero-order valence-corrected chi connectivity index (χ0v) is 9.23. The minimum absolute atomic E-state index is 0.643. The fourth-order valence-electron chi connectivity index (χ4n) is 1.24. The van der Waals surface area contributed by atoms with Gasteiger partial charge in [-0.3, -0.25) is 4.68 Å². The Bertz CT molecular complexity index is 266. The van der Waals surface area contributed by atoms with Gasteiger partial charge in [0.1, 0.15) is 6.20 Å². The fourth-order valence-corrected chi connectivity index (χ4v) is 1.38. The summed E-state index contributed by atoms with van der Waals surface area (Å²) >= 11 is 5.83. The maximum absolute atomic E-state index is 5.83. The van der Waals surface area contributed by atoms with E-state index in [-0.39, 0.29) is 0 Å². The molecule has 0 saturated carbocycles. The van der Waals surface area contributed by atoms with Gasteiger partial charge in [-0.25, -0.2) is 0 Å². The molecular formula is C10H16ClN2. The molecule has 0 atom stereocenters. The van der Waals surface area contributed by atoms with Crippen molar-refractivity contribution in [1.29, 1.82) is 0 Å². The van der Waals surface area contributed by atoms with E-state index in [2.05, 4.69) is 25.1 Å². The molecule has 0 amide bonds. The van der Waals surface area contributed by atoms with E-state index in [1.54, 1.807) is 0 Å². The lowest BCUT2D eigenvalue weighted by atomic mass is 10.1. The number of rotatable bonds is 4. The summed E-state index contributed by atoms with van der Waals surface area (Å²) in [6.45, 7) is 7.39. The van der Waals surface area contributed by atoms with Crippen LogP contribution in [0.25, 0.3) is 0 Å². The van der Waals surface area contributed by atoms with Crippen LogP contribution in [0.1, 0.15) is 32.4 Å². The van der Waals surface area contributed by atoms with Gasteiger partial charge in [-0.15, -0.1) is 0 Å². The summed E-state index contributed by atoms with van der Waals surface area (Å²) in [6, 6.07) is 0. The van der Waals surface area contributed by atoms with E-state index in [4.69, 9.17) is 11.6 Å². The molecule has 0 unspecified atom stereocenters. The van der Waals surface area contributed by atoms with Gasteiger partial charge in [0.25, 0.3) is 0 Å². The van der Waals surface area contributed by atoms with Crippen molar-refractivity contribution in [2.75, 3.05) is 0 Å². The van der Waals surface area contributed by atoms with E-state index < -0.39 is 0 Å². The predicted octanol–water partition coefficient (Wildman–Crippen LogP) is 3.08. The molecule has 0 spiro atoms. The molecule has 1 aromatic heterocycles. The SMILES string of the molecule is Cc1c(Cl)[c]nn1CCCC(C)C. The third kappa shape index (κ3) is 3.03. The molecule has 1 aromatic rings. The van der Waals surface area contributed by atoms with Crippen LogP contribution in [-0.4, -0.2) is 9.78 Å². The van der Waals surface area contributed by atoms with Gasteiger partial charge in [-0.1, -0.05) is 25.4 Å². The third-order valence-electron chi connectivity index (χ3n) is 2.13. The quantitative estimate of drug-likeness (QED) is 0.729. The molecule has 1 rings (SSSR count). The van der Waals surface area contributed by atoms with Gasteiger partial charge in [-0.05, 0) is 25.7 Å². The molecule has 2 nitrogen and oxygen atoms in total. The molecule has 0 saturated heterocycles. The summed E-state index contributed by atoms with van der Waals surface area (Å²) in [7, 11) is 0. The number of aryl methyl sites for hydroxylation is 1. The van der Waals surface area contributed by atoms with Crippen LogP contribution in [0.2, 0.25) is 5.02 Å². The van der Waals surface area contributed by atoms with E-state index in [1.807, 2.05) is 11.6 Å². The van der Waals surface area contributed by atoms with Crippen LogP contribution in [0.5, 0.6) is 0 Å². The van der Waals surface area contributed by atoms with Crippen LogP contribution >= 0.6 is 11.6 Å². The molecule has 0 aliphatic carbocycles. The zero-order chi connectivity index (χ0) is 9.84. The number of hydrogen-bond donors (Lipinski definition) is 0. The lowest BCUT2D eigenvalue weighted by Crippen LogP contribution is -2.03. The van der Waals surface area contributed by atoms with Gasteiger partial charge < -0.3 is 0 Å². The topological polar surface area (TPSA) is 17.8 Å². The Morgan fingerprint density at radius 3 is 2.69 bits per heavy atom. The molecule has 1 radical (unpaired) electrons. The standard InChI is InChI=1S/C10H16ClN2/c1-8(2)5-4-6-13-9(3)10(11)7-12-13/h8H,4-6H2,1-3H3. The number of aromatic nitrogens is 2. The predicted molar refractivity (Wildman–Crippen MR) is 54.9 cm³/mol. The first-order valence-corrected chi connectivity index (χ1v) is 5.09. The average molecular weight is 200 g/mol. The van der Waals surface area contributed by atoms with Gasteiger partial charge >= 0.3 is 0 Å². The van der Waals surface area contributed by atoms with E-state index in [0.29, 0.717) is 5.02 Å². The molecule has 0 bridgehead atoms. The van der Waals surface area contributed by atoms with Gasteiger partial charge in [-0.2, -0.15) is 5.10 Å². The van der Waals surface area contributed by atoms with Crippen molar-refractivity contribution >= 4 is 11.6 Å². The summed E-state index contributed by atoms with van der Waals surface area (Å²) in [5.74, 6) is 0.760. The highest BCUT2D eigenvalue weighted by molar-refractivity contribution is 6.30. The Kier molecular flexibility index (Phi) is 3.79. The van der Waals surface area contributed by atoms with Crippen molar-refractivity contribution in [3.63, 3.8) is 0 Å². The summed E-state index contributed by atoms with van der Waals surface area (Å²) in [5, 5.41) is 4.71. The van der Waals surface area contributed by atoms with Crippen molar-refractivity contribution in [3.05, 3.63) is 16.9 Å². The second kappa shape index (κ2) is 4.66. The number of hydrogen-bond acceptors (Lipinski definition) is 1. The Labute approximate surface area is 84.9 Å². The second-order valence-corrected chi connectivity index (χ2v) is 4.15. The molecule has 1 heterocycles. The second-order valence-electron chi connectivity index (χ2n) is 3.77. The van der Waals surface area contributed by atoms with Crippen LogP contribution in [0.15, 0.2) is 0 Å². The monoisotopic (exact) mass is 199 g/mol. The third-order valence-corrected chi connectivity index (χ3v) is 2.48. The summed E-state index contributed by atoms with van der Waals surface area (Å²) in [4.78, 5) is 0. The van der Waals surface area contributed by atoms with Gasteiger partial charge in [0.05, 0.1) is 10.7 Å². The molecule has 0 N–H and O–H groups in total. The van der Waals surface area contributed by atoms with E-state index in [9.17, 15) is 0 Å². The van der Waals surface area contributed by atoms with Crippen LogP contribution < -0.4 is 0 Å². The van der Waals surface area contributed by atoms with Crippen molar-refractivity contribution in [2.45, 2.75) is 40.2 Å². The Balaban J connectivity index is 2.41. The summed E-state index contributed by atoms with van der Waals surface area (Å²) in [5.41, 5.74) is 1.02. The smallest absolute Gasteiger partial charge is 0.133 e. The summed E-state index contributed by atoms with van der Waals surface area (Å²) in [6.07, 6.45) is 5.14. The first kappa shape index (κ1) is 10.6. The maximum Gasteiger partial charge on any atom is 0.133 e. The van der Waals surface area contributed by atoms with Gasteiger partial charge in [0.2, 0.25) is 0 Å². The first-order chi connectivity index (χ1) is 6.11. The first-order valence-electron chi connectivity index (χ1n) is 4.72. The van der Waals surface area contributed by atoms with Crippen LogP contribution in [-0.2, 0) is 6.54 Å². The maximum atomic E-state index is 5.83. The van der Waals surface area contributed by atoms with E-state index >= 15 is 0 Å². The zero-order valence-electron chi connectivity index (χ0n) is 8.47. The molecule has 0 aliphatic rings. The highest BCUT2D eigenvalue weighted by Gasteiger charge is 2.03. The van der Waals surface area contributed by atoms with Crippen LogP contribution in [0.3, 0.4) is 0 Å². The van der Waals surface area contributed by atoms with Crippen molar-refractivity contribution in [3.8, 4) is 0 Å². The van der Waals surface area contributed by atoms with Crippen molar-refractivity contribution in [1.82, 2.24) is 9.78 Å². The summed E-state index contributed by atoms with van der Waals surface area (Å²) < 4.78 is 1.92. The molecule has 0 aromatic carbocycles. The molecule has 13 heavy (non-hydrogen) atoms. The molecule has 0 fully saturated rings. The Morgan fingerprint density at radius 2 is 2.23 bits per heavy atom.